The number of ether oxygens (including phenoxy) is 2. The molecule has 204 valence electrons. The molecule has 1 N–H and O–H groups in total. The van der Waals surface area contributed by atoms with Gasteiger partial charge in [-0.05, 0) is 73.2 Å². The van der Waals surface area contributed by atoms with E-state index in [4.69, 9.17) is 9.47 Å². The molecule has 0 bridgehead atoms. The van der Waals surface area contributed by atoms with Gasteiger partial charge in [0.05, 0.1) is 26.2 Å². The zero-order valence-electron chi connectivity index (χ0n) is 23.2. The number of carbonyl (C=O) groups excluding carboxylic acids is 2. The van der Waals surface area contributed by atoms with Gasteiger partial charge < -0.3 is 24.6 Å². The fourth-order valence-corrected chi connectivity index (χ4v) is 6.02. The van der Waals surface area contributed by atoms with E-state index in [1.807, 2.05) is 23.1 Å². The number of methoxy groups -OCH3 is 2. The molecule has 2 atom stereocenters. The average Bonchev–Trinajstić information content (AvgIpc) is 2.96. The summed E-state index contributed by atoms with van der Waals surface area (Å²) in [5.74, 6) is 0.275. The molecule has 2 unspecified atom stereocenters. The molecule has 7 heteroatoms. The average molecular weight is 528 g/mol. The molecule has 3 aromatic carbocycles. The van der Waals surface area contributed by atoms with Crippen LogP contribution in [0.1, 0.15) is 57.9 Å². The molecule has 7 nitrogen and oxygen atoms in total. The van der Waals surface area contributed by atoms with Gasteiger partial charge in [0.1, 0.15) is 0 Å². The number of nitrogens with zero attached hydrogens (tertiary/aromatic N) is 2. The van der Waals surface area contributed by atoms with Crippen molar-refractivity contribution < 1.29 is 19.1 Å². The van der Waals surface area contributed by atoms with E-state index in [2.05, 4.69) is 54.4 Å². The fourth-order valence-electron chi connectivity index (χ4n) is 6.02. The van der Waals surface area contributed by atoms with Crippen LogP contribution in [0.5, 0.6) is 11.5 Å². The number of fused-ring (bicyclic) bond motifs is 4. The monoisotopic (exact) mass is 527 g/mol. The molecule has 5 rings (SSSR count). The summed E-state index contributed by atoms with van der Waals surface area (Å²) in [4.78, 5) is 31.9. The zero-order chi connectivity index (χ0) is 27.5. The maximum Gasteiger partial charge on any atom is 0.254 e. The van der Waals surface area contributed by atoms with Gasteiger partial charge in [0.2, 0.25) is 5.91 Å². The summed E-state index contributed by atoms with van der Waals surface area (Å²) in [6.45, 7) is 7.09. The molecule has 0 saturated heterocycles. The Morgan fingerprint density at radius 2 is 1.79 bits per heavy atom. The van der Waals surface area contributed by atoms with Gasteiger partial charge in [-0.15, -0.1) is 0 Å². The van der Waals surface area contributed by atoms with E-state index < -0.39 is 5.92 Å². The minimum absolute atomic E-state index is 0.0775. The summed E-state index contributed by atoms with van der Waals surface area (Å²) in [6.07, 6.45) is 1.57. The van der Waals surface area contributed by atoms with Gasteiger partial charge in [-0.1, -0.05) is 36.4 Å². The number of rotatable bonds is 9. The number of carbonyl (C=O) groups is 2. The molecule has 3 aromatic rings. The van der Waals surface area contributed by atoms with Crippen LogP contribution in [0.15, 0.2) is 60.7 Å². The molecule has 2 aliphatic heterocycles. The topological polar surface area (TPSA) is 71.1 Å². The molecule has 0 radical (unpaired) electrons. The van der Waals surface area contributed by atoms with E-state index in [-0.39, 0.29) is 17.9 Å². The molecule has 0 saturated carbocycles. The first-order valence-corrected chi connectivity index (χ1v) is 13.7. The van der Waals surface area contributed by atoms with Gasteiger partial charge in [0.25, 0.3) is 5.91 Å². The Hall–Kier alpha value is -4.00. The third-order valence-corrected chi connectivity index (χ3v) is 7.96. The Balaban J connectivity index is 1.42. The third kappa shape index (κ3) is 5.05. The van der Waals surface area contributed by atoms with E-state index in [0.717, 1.165) is 31.5 Å². The lowest BCUT2D eigenvalue weighted by molar-refractivity contribution is -0.124. The number of anilines is 1. The summed E-state index contributed by atoms with van der Waals surface area (Å²) < 4.78 is 11.1. The Kier molecular flexibility index (Phi) is 7.77. The molecule has 39 heavy (non-hydrogen) atoms. The lowest BCUT2D eigenvalue weighted by atomic mass is 9.75. The second-order valence-corrected chi connectivity index (χ2v) is 10.2. The predicted octanol–water partition coefficient (Wildman–Crippen LogP) is 4.88. The number of aryl methyl sites for hydroxylation is 1. The summed E-state index contributed by atoms with van der Waals surface area (Å²) >= 11 is 0. The van der Waals surface area contributed by atoms with Crippen molar-refractivity contribution >= 4 is 17.5 Å². The lowest BCUT2D eigenvalue weighted by Gasteiger charge is -2.45. The van der Waals surface area contributed by atoms with Crippen molar-refractivity contribution in [2.75, 3.05) is 45.3 Å². The minimum Gasteiger partial charge on any atom is -0.493 e. The second kappa shape index (κ2) is 11.4. The van der Waals surface area contributed by atoms with Gasteiger partial charge in [-0.3, -0.25) is 9.59 Å². The minimum atomic E-state index is -0.557. The Morgan fingerprint density at radius 3 is 2.54 bits per heavy atom. The maximum absolute atomic E-state index is 14.0. The SMILES string of the molecule is CCN(CCCNC(=O)C1c2cc(OC)c(OC)cc2C(=O)N2CCc3ccccc3C12)c1cccc(C)c1. The van der Waals surface area contributed by atoms with Crippen molar-refractivity contribution in [2.45, 2.75) is 38.6 Å². The Morgan fingerprint density at radius 1 is 1.03 bits per heavy atom. The summed E-state index contributed by atoms with van der Waals surface area (Å²) in [7, 11) is 3.12. The third-order valence-electron chi connectivity index (χ3n) is 7.96. The largest absolute Gasteiger partial charge is 0.493 e. The standard InChI is InChI=1S/C32H37N3O4/c1-5-34(23-12-8-10-21(2)18-23)16-9-15-33-31(36)29-25-19-27(38-3)28(39-4)20-26(25)32(37)35-17-14-22-11-6-7-13-24(22)30(29)35/h6-8,10-13,18-20,29-30H,5,9,14-17H2,1-4H3,(H,33,36). The lowest BCUT2D eigenvalue weighted by Crippen LogP contribution is -2.50. The number of amides is 2. The van der Waals surface area contributed by atoms with Crippen molar-refractivity contribution in [2.24, 2.45) is 0 Å². The maximum atomic E-state index is 14.0. The number of benzene rings is 3. The van der Waals surface area contributed by atoms with Gasteiger partial charge in [-0.25, -0.2) is 0 Å². The summed E-state index contributed by atoms with van der Waals surface area (Å²) in [6, 6.07) is 19.8. The summed E-state index contributed by atoms with van der Waals surface area (Å²) in [5.41, 5.74) is 5.83. The van der Waals surface area contributed by atoms with Gasteiger partial charge in [0, 0.05) is 37.4 Å². The van der Waals surface area contributed by atoms with Crippen molar-refractivity contribution in [1.82, 2.24) is 10.2 Å². The number of hydrogen-bond acceptors (Lipinski definition) is 5. The molecule has 0 aliphatic carbocycles. The van der Waals surface area contributed by atoms with Crippen molar-refractivity contribution in [1.29, 1.82) is 0 Å². The highest BCUT2D eigenvalue weighted by Crippen LogP contribution is 2.48. The molecule has 2 aliphatic rings. The van der Waals surface area contributed by atoms with Crippen LogP contribution in [0.25, 0.3) is 0 Å². The first kappa shape index (κ1) is 26.6. The normalized spacial score (nSPS) is 17.5. The van der Waals surface area contributed by atoms with Crippen LogP contribution in [0.3, 0.4) is 0 Å². The smallest absolute Gasteiger partial charge is 0.254 e. The predicted molar refractivity (Wildman–Crippen MR) is 153 cm³/mol. The number of hydrogen-bond donors (Lipinski definition) is 1. The number of nitrogens with one attached hydrogen (secondary N) is 1. The molecule has 0 spiro atoms. The first-order valence-electron chi connectivity index (χ1n) is 13.7. The van der Waals surface area contributed by atoms with Crippen LogP contribution in [-0.4, -0.2) is 57.1 Å². The van der Waals surface area contributed by atoms with Crippen molar-refractivity contribution in [3.63, 3.8) is 0 Å². The zero-order valence-corrected chi connectivity index (χ0v) is 23.2. The first-order chi connectivity index (χ1) is 19.0. The highest BCUT2D eigenvalue weighted by atomic mass is 16.5. The molecule has 2 heterocycles. The van der Waals surface area contributed by atoms with Gasteiger partial charge >= 0.3 is 0 Å². The van der Waals surface area contributed by atoms with Gasteiger partial charge in [-0.2, -0.15) is 0 Å². The Labute approximate surface area is 230 Å². The van der Waals surface area contributed by atoms with Crippen LogP contribution in [0.4, 0.5) is 5.69 Å². The quantitative estimate of drug-likeness (QED) is 0.402. The van der Waals surface area contributed by atoms with E-state index >= 15 is 0 Å². The van der Waals surface area contributed by atoms with Gasteiger partial charge in [0.15, 0.2) is 11.5 Å². The van der Waals surface area contributed by atoms with E-state index in [1.165, 1.54) is 16.8 Å². The van der Waals surface area contributed by atoms with Crippen molar-refractivity contribution in [3.8, 4) is 11.5 Å². The molecular weight excluding hydrogens is 490 g/mol. The van der Waals surface area contributed by atoms with Crippen LogP contribution >= 0.6 is 0 Å². The Bertz CT molecular complexity index is 1370. The summed E-state index contributed by atoms with van der Waals surface area (Å²) in [5, 5.41) is 3.20. The molecule has 0 fully saturated rings. The fraction of sp³-hybridized carbons (Fsp3) is 0.375. The van der Waals surface area contributed by atoms with Crippen molar-refractivity contribution in [3.05, 3.63) is 88.5 Å². The molecule has 2 amide bonds. The highest BCUT2D eigenvalue weighted by Gasteiger charge is 2.46. The van der Waals surface area contributed by atoms with Crippen LogP contribution < -0.4 is 19.7 Å². The van der Waals surface area contributed by atoms with Crippen LogP contribution in [0.2, 0.25) is 0 Å². The molecular formula is C32H37N3O4. The van der Waals surface area contributed by atoms with Crippen LogP contribution in [0, 0.1) is 6.92 Å². The highest BCUT2D eigenvalue weighted by molar-refractivity contribution is 6.02. The van der Waals surface area contributed by atoms with Crippen LogP contribution in [-0.2, 0) is 11.2 Å². The van der Waals surface area contributed by atoms with E-state index in [9.17, 15) is 9.59 Å². The molecule has 0 aromatic heterocycles. The van der Waals surface area contributed by atoms with E-state index in [0.29, 0.717) is 35.7 Å². The van der Waals surface area contributed by atoms with E-state index in [1.54, 1.807) is 26.4 Å². The second-order valence-electron chi connectivity index (χ2n) is 10.2.